The molecular formula is C19H40O2. The maximum absolute atomic E-state index is 9.93. The Morgan fingerprint density at radius 2 is 0.857 bits per heavy atom. The Hall–Kier alpha value is -0.0800. The van der Waals surface area contributed by atoms with Crippen LogP contribution in [0.15, 0.2) is 0 Å². The van der Waals surface area contributed by atoms with Gasteiger partial charge in [-0.1, -0.05) is 84.5 Å². The van der Waals surface area contributed by atoms with Gasteiger partial charge >= 0.3 is 0 Å². The number of rotatable bonds is 16. The second kappa shape index (κ2) is 16.3. The molecule has 0 aliphatic carbocycles. The van der Waals surface area contributed by atoms with Gasteiger partial charge in [0.15, 0.2) is 0 Å². The normalized spacial score (nSPS) is 14.3. The summed E-state index contributed by atoms with van der Waals surface area (Å²) < 4.78 is 0. The number of unbranched alkanes of at least 4 members (excludes halogenated alkanes) is 8. The van der Waals surface area contributed by atoms with Crippen LogP contribution in [0, 0.1) is 0 Å². The summed E-state index contributed by atoms with van der Waals surface area (Å²) in [5.41, 5.74) is 0. The standard InChI is InChI=1S/C19H40O2/c1-3-5-6-7-8-11-16-19(21)17-13-10-9-12-15-18(20)14-4-2/h18-21H,3-17H2,1-2H3. The minimum absolute atomic E-state index is 0.0816. The van der Waals surface area contributed by atoms with Crippen LogP contribution in [0.25, 0.3) is 0 Å². The molecule has 0 amide bonds. The predicted octanol–water partition coefficient (Wildman–Crippen LogP) is 5.60. The largest absolute Gasteiger partial charge is 0.393 e. The average molecular weight is 301 g/mol. The third kappa shape index (κ3) is 16.1. The lowest BCUT2D eigenvalue weighted by Crippen LogP contribution is -2.06. The van der Waals surface area contributed by atoms with Crippen LogP contribution in [-0.4, -0.2) is 22.4 Å². The van der Waals surface area contributed by atoms with Crippen molar-refractivity contribution < 1.29 is 10.2 Å². The van der Waals surface area contributed by atoms with Gasteiger partial charge in [0, 0.05) is 0 Å². The van der Waals surface area contributed by atoms with Gasteiger partial charge in [-0.05, 0) is 25.7 Å². The number of hydrogen-bond donors (Lipinski definition) is 2. The van der Waals surface area contributed by atoms with E-state index in [-0.39, 0.29) is 12.2 Å². The highest BCUT2D eigenvalue weighted by Gasteiger charge is 2.05. The highest BCUT2D eigenvalue weighted by Crippen LogP contribution is 2.14. The molecule has 0 saturated heterocycles. The summed E-state index contributed by atoms with van der Waals surface area (Å²) in [6, 6.07) is 0. The van der Waals surface area contributed by atoms with E-state index in [1.54, 1.807) is 0 Å². The lowest BCUT2D eigenvalue weighted by molar-refractivity contribution is 0.143. The third-order valence-electron chi connectivity index (χ3n) is 4.34. The summed E-state index contributed by atoms with van der Waals surface area (Å²) in [4.78, 5) is 0. The minimum atomic E-state index is -0.0895. The van der Waals surface area contributed by atoms with Gasteiger partial charge in [0.25, 0.3) is 0 Å². The fourth-order valence-corrected chi connectivity index (χ4v) is 2.90. The summed E-state index contributed by atoms with van der Waals surface area (Å²) >= 11 is 0. The molecule has 2 heteroatoms. The molecule has 0 aliphatic rings. The molecule has 2 atom stereocenters. The van der Waals surface area contributed by atoms with E-state index in [0.717, 1.165) is 44.9 Å². The van der Waals surface area contributed by atoms with Crippen LogP contribution in [0.4, 0.5) is 0 Å². The van der Waals surface area contributed by atoms with E-state index in [1.165, 1.54) is 51.4 Å². The molecule has 21 heavy (non-hydrogen) atoms. The Morgan fingerprint density at radius 3 is 1.29 bits per heavy atom. The maximum Gasteiger partial charge on any atom is 0.0540 e. The molecule has 0 aromatic heterocycles. The second-order valence-corrected chi connectivity index (χ2v) is 6.64. The molecule has 0 aromatic rings. The highest BCUT2D eigenvalue weighted by atomic mass is 16.3. The van der Waals surface area contributed by atoms with Gasteiger partial charge in [-0.2, -0.15) is 0 Å². The van der Waals surface area contributed by atoms with Crippen molar-refractivity contribution in [1.82, 2.24) is 0 Å². The summed E-state index contributed by atoms with van der Waals surface area (Å²) in [6.45, 7) is 4.36. The van der Waals surface area contributed by atoms with Gasteiger partial charge in [0.05, 0.1) is 12.2 Å². The van der Waals surface area contributed by atoms with E-state index in [1.807, 2.05) is 0 Å². The topological polar surface area (TPSA) is 40.5 Å². The summed E-state index contributed by atoms with van der Waals surface area (Å²) in [7, 11) is 0. The first kappa shape index (κ1) is 20.9. The molecule has 2 unspecified atom stereocenters. The maximum atomic E-state index is 9.93. The van der Waals surface area contributed by atoms with Crippen LogP contribution in [0.5, 0.6) is 0 Å². The molecule has 0 fully saturated rings. The van der Waals surface area contributed by atoms with Crippen molar-refractivity contribution in [1.29, 1.82) is 0 Å². The molecule has 0 heterocycles. The first-order chi connectivity index (χ1) is 10.2. The zero-order valence-electron chi connectivity index (χ0n) is 14.7. The first-order valence-electron chi connectivity index (χ1n) is 9.56. The van der Waals surface area contributed by atoms with Gasteiger partial charge in [-0.3, -0.25) is 0 Å². The van der Waals surface area contributed by atoms with Crippen LogP contribution < -0.4 is 0 Å². The molecule has 0 radical (unpaired) electrons. The van der Waals surface area contributed by atoms with Crippen LogP contribution in [0.1, 0.15) is 110 Å². The number of aliphatic hydroxyl groups is 2. The Balaban J connectivity index is 3.20. The molecule has 0 spiro atoms. The van der Waals surface area contributed by atoms with E-state index in [2.05, 4.69) is 13.8 Å². The Kier molecular flexibility index (Phi) is 16.2. The van der Waals surface area contributed by atoms with Gasteiger partial charge < -0.3 is 10.2 Å². The second-order valence-electron chi connectivity index (χ2n) is 6.64. The Morgan fingerprint density at radius 1 is 0.476 bits per heavy atom. The Labute approximate surface area is 133 Å². The summed E-state index contributed by atoms with van der Waals surface area (Å²) in [5, 5.41) is 19.6. The lowest BCUT2D eigenvalue weighted by atomic mass is 10.0. The predicted molar refractivity (Wildman–Crippen MR) is 92.6 cm³/mol. The van der Waals surface area contributed by atoms with Crippen molar-refractivity contribution in [2.75, 3.05) is 0 Å². The molecule has 2 N–H and O–H groups in total. The van der Waals surface area contributed by atoms with Crippen molar-refractivity contribution in [2.24, 2.45) is 0 Å². The van der Waals surface area contributed by atoms with Crippen molar-refractivity contribution in [3.8, 4) is 0 Å². The molecule has 0 bridgehead atoms. The van der Waals surface area contributed by atoms with Crippen LogP contribution in [0.3, 0.4) is 0 Å². The molecule has 0 saturated carbocycles. The van der Waals surface area contributed by atoms with E-state index >= 15 is 0 Å². The van der Waals surface area contributed by atoms with E-state index in [4.69, 9.17) is 0 Å². The molecule has 2 nitrogen and oxygen atoms in total. The monoisotopic (exact) mass is 300 g/mol. The smallest absolute Gasteiger partial charge is 0.0540 e. The Bertz CT molecular complexity index is 194. The molecule has 0 aliphatic heterocycles. The quantitative estimate of drug-likeness (QED) is 0.364. The summed E-state index contributed by atoms with van der Waals surface area (Å²) in [6.07, 6.45) is 17.2. The highest BCUT2D eigenvalue weighted by molar-refractivity contribution is 4.59. The fourth-order valence-electron chi connectivity index (χ4n) is 2.90. The van der Waals surface area contributed by atoms with Gasteiger partial charge in [0.2, 0.25) is 0 Å². The number of aliphatic hydroxyl groups excluding tert-OH is 2. The van der Waals surface area contributed by atoms with Crippen LogP contribution >= 0.6 is 0 Å². The zero-order valence-corrected chi connectivity index (χ0v) is 14.7. The molecule has 0 aromatic carbocycles. The van der Waals surface area contributed by atoms with Crippen LogP contribution in [-0.2, 0) is 0 Å². The van der Waals surface area contributed by atoms with E-state index < -0.39 is 0 Å². The molecular weight excluding hydrogens is 260 g/mol. The molecule has 0 rings (SSSR count). The van der Waals surface area contributed by atoms with Gasteiger partial charge in [0.1, 0.15) is 0 Å². The third-order valence-corrected chi connectivity index (χ3v) is 4.34. The van der Waals surface area contributed by atoms with Gasteiger partial charge in [-0.25, -0.2) is 0 Å². The van der Waals surface area contributed by atoms with Gasteiger partial charge in [-0.15, -0.1) is 0 Å². The zero-order chi connectivity index (χ0) is 15.8. The fraction of sp³-hybridized carbons (Fsp3) is 1.00. The van der Waals surface area contributed by atoms with Crippen molar-refractivity contribution in [2.45, 2.75) is 122 Å². The van der Waals surface area contributed by atoms with Crippen molar-refractivity contribution in [3.05, 3.63) is 0 Å². The SMILES string of the molecule is CCCCCCCCC(O)CCCCCCC(O)CCC. The van der Waals surface area contributed by atoms with E-state index in [0.29, 0.717) is 0 Å². The van der Waals surface area contributed by atoms with Crippen LogP contribution in [0.2, 0.25) is 0 Å². The first-order valence-corrected chi connectivity index (χ1v) is 9.56. The average Bonchev–Trinajstić information content (AvgIpc) is 2.46. The minimum Gasteiger partial charge on any atom is -0.393 e. The van der Waals surface area contributed by atoms with Crippen molar-refractivity contribution >= 4 is 0 Å². The van der Waals surface area contributed by atoms with Crippen molar-refractivity contribution in [3.63, 3.8) is 0 Å². The van der Waals surface area contributed by atoms with E-state index in [9.17, 15) is 10.2 Å². The number of hydrogen-bond acceptors (Lipinski definition) is 2. The molecule has 128 valence electrons. The summed E-state index contributed by atoms with van der Waals surface area (Å²) in [5.74, 6) is 0. The lowest BCUT2D eigenvalue weighted by Gasteiger charge is -2.11.